The highest BCUT2D eigenvalue weighted by Crippen LogP contribution is 2.10. The summed E-state index contributed by atoms with van der Waals surface area (Å²) in [6.45, 7) is 9.62. The number of rotatable bonds is 9. The monoisotopic (exact) mass is 364 g/mol. The molecule has 26 heavy (non-hydrogen) atoms. The first-order valence-corrected chi connectivity index (χ1v) is 9.12. The van der Waals surface area contributed by atoms with Crippen LogP contribution < -0.4 is 10.6 Å². The van der Waals surface area contributed by atoms with E-state index < -0.39 is 23.7 Å². The summed E-state index contributed by atoms with van der Waals surface area (Å²) in [5, 5.41) is 15.4. The van der Waals surface area contributed by atoms with Crippen LogP contribution in [0.2, 0.25) is 0 Å². The molecule has 0 saturated heterocycles. The number of carboxylic acid groups (broad SMARTS) is 1. The number of nitrogens with one attached hydrogen (secondary N) is 2. The Labute approximate surface area is 156 Å². The van der Waals surface area contributed by atoms with E-state index in [-0.39, 0.29) is 12.0 Å². The van der Waals surface area contributed by atoms with E-state index in [2.05, 4.69) is 10.6 Å². The number of carbonyl (C=O) groups excluding carboxylic acids is 1. The molecule has 3 atom stereocenters. The molecule has 0 heterocycles. The average molecular weight is 364 g/mol. The topological polar surface area (TPSA) is 87.7 Å². The second kappa shape index (κ2) is 10.2. The molecule has 0 radical (unpaired) electrons. The van der Waals surface area contributed by atoms with E-state index in [1.54, 1.807) is 20.8 Å². The quantitative estimate of drug-likeness (QED) is 0.626. The molecule has 0 bridgehead atoms. The second-order valence-electron chi connectivity index (χ2n) is 7.64. The van der Waals surface area contributed by atoms with Crippen molar-refractivity contribution in [3.63, 3.8) is 0 Å². The maximum absolute atomic E-state index is 12.2. The highest BCUT2D eigenvalue weighted by molar-refractivity contribution is 5.73. The van der Waals surface area contributed by atoms with Gasteiger partial charge < -0.3 is 20.5 Å². The molecular weight excluding hydrogens is 332 g/mol. The number of aliphatic carboxylic acids is 1. The number of ether oxygens (including phenoxy) is 1. The first kappa shape index (κ1) is 22.0. The lowest BCUT2D eigenvalue weighted by Crippen LogP contribution is -2.50. The maximum Gasteiger partial charge on any atom is 0.407 e. The number of alkyl carbamates (subject to hydrolysis) is 1. The Morgan fingerprint density at radius 1 is 1.19 bits per heavy atom. The van der Waals surface area contributed by atoms with E-state index >= 15 is 0 Å². The molecule has 1 aromatic carbocycles. The van der Waals surface area contributed by atoms with Crippen molar-refractivity contribution in [1.82, 2.24) is 10.6 Å². The van der Waals surface area contributed by atoms with Crippen LogP contribution in [0.5, 0.6) is 0 Å². The molecule has 6 nitrogen and oxygen atoms in total. The molecular formula is C20H32N2O4. The van der Waals surface area contributed by atoms with Crippen molar-refractivity contribution in [2.24, 2.45) is 5.92 Å². The van der Waals surface area contributed by atoms with Gasteiger partial charge in [0.2, 0.25) is 0 Å². The van der Waals surface area contributed by atoms with Crippen molar-refractivity contribution in [2.75, 3.05) is 6.54 Å². The molecule has 0 fully saturated rings. The van der Waals surface area contributed by atoms with E-state index in [1.807, 2.05) is 44.2 Å². The lowest BCUT2D eigenvalue weighted by Gasteiger charge is -2.26. The first-order valence-electron chi connectivity index (χ1n) is 9.12. The van der Waals surface area contributed by atoms with Gasteiger partial charge >= 0.3 is 12.1 Å². The smallest absolute Gasteiger partial charge is 0.407 e. The number of amides is 1. The summed E-state index contributed by atoms with van der Waals surface area (Å²) >= 11 is 0. The summed E-state index contributed by atoms with van der Waals surface area (Å²) in [5.74, 6) is -0.888. The molecule has 1 amide bonds. The van der Waals surface area contributed by atoms with Crippen molar-refractivity contribution in [3.8, 4) is 0 Å². The van der Waals surface area contributed by atoms with Crippen LogP contribution in [-0.2, 0) is 16.0 Å². The van der Waals surface area contributed by atoms with Gasteiger partial charge in [0, 0.05) is 12.6 Å². The third-order valence-corrected chi connectivity index (χ3v) is 4.11. The van der Waals surface area contributed by atoms with Crippen molar-refractivity contribution in [3.05, 3.63) is 35.9 Å². The molecule has 1 rings (SSSR count). The zero-order chi connectivity index (χ0) is 19.7. The normalized spacial score (nSPS) is 15.0. The van der Waals surface area contributed by atoms with E-state index in [1.165, 1.54) is 0 Å². The highest BCUT2D eigenvalue weighted by Gasteiger charge is 2.25. The number of benzene rings is 1. The Balaban J connectivity index is 2.79. The highest BCUT2D eigenvalue weighted by atomic mass is 16.6. The summed E-state index contributed by atoms with van der Waals surface area (Å²) in [6.07, 6.45) is 0.836. The molecule has 0 spiro atoms. The van der Waals surface area contributed by atoms with Crippen molar-refractivity contribution >= 4 is 12.1 Å². The van der Waals surface area contributed by atoms with E-state index in [0.29, 0.717) is 13.0 Å². The molecule has 0 aromatic heterocycles. The summed E-state index contributed by atoms with van der Waals surface area (Å²) in [5.41, 5.74) is 0.473. The van der Waals surface area contributed by atoms with Crippen LogP contribution in [0.15, 0.2) is 30.3 Å². The molecule has 3 unspecified atom stereocenters. The first-order chi connectivity index (χ1) is 12.1. The lowest BCUT2D eigenvalue weighted by atomic mass is 9.98. The third kappa shape index (κ3) is 8.34. The molecule has 3 N–H and O–H groups in total. The van der Waals surface area contributed by atoms with Gasteiger partial charge in [0.05, 0.1) is 0 Å². The Kier molecular flexibility index (Phi) is 8.58. The van der Waals surface area contributed by atoms with Crippen LogP contribution in [0.25, 0.3) is 0 Å². The van der Waals surface area contributed by atoms with Gasteiger partial charge in [-0.3, -0.25) is 4.79 Å². The van der Waals surface area contributed by atoms with Gasteiger partial charge in [-0.05, 0) is 38.7 Å². The number of carboxylic acids is 1. The van der Waals surface area contributed by atoms with E-state index in [4.69, 9.17) is 4.74 Å². The molecule has 146 valence electrons. The third-order valence-electron chi connectivity index (χ3n) is 4.11. The maximum atomic E-state index is 12.2. The predicted molar refractivity (Wildman–Crippen MR) is 102 cm³/mol. The molecule has 6 heteroatoms. The summed E-state index contributed by atoms with van der Waals surface area (Å²) in [6, 6.07) is 8.83. The fourth-order valence-electron chi connectivity index (χ4n) is 2.58. The van der Waals surface area contributed by atoms with Gasteiger partial charge in [0.15, 0.2) is 0 Å². The largest absolute Gasteiger partial charge is 0.480 e. The molecule has 0 aliphatic heterocycles. The zero-order valence-corrected chi connectivity index (χ0v) is 16.4. The summed E-state index contributed by atoms with van der Waals surface area (Å²) in [7, 11) is 0. The Morgan fingerprint density at radius 2 is 1.81 bits per heavy atom. The van der Waals surface area contributed by atoms with Crippen LogP contribution in [0.3, 0.4) is 0 Å². The zero-order valence-electron chi connectivity index (χ0n) is 16.4. The Hall–Kier alpha value is -2.08. The Bertz CT molecular complexity index is 569. The molecule has 0 aliphatic rings. The van der Waals surface area contributed by atoms with Gasteiger partial charge in [-0.2, -0.15) is 0 Å². The van der Waals surface area contributed by atoms with Gasteiger partial charge in [0.1, 0.15) is 11.6 Å². The van der Waals surface area contributed by atoms with Gasteiger partial charge in [0.25, 0.3) is 0 Å². The van der Waals surface area contributed by atoms with Gasteiger partial charge in [-0.15, -0.1) is 0 Å². The van der Waals surface area contributed by atoms with Crippen molar-refractivity contribution in [2.45, 2.75) is 65.1 Å². The van der Waals surface area contributed by atoms with Gasteiger partial charge in [-0.25, -0.2) is 4.79 Å². The number of hydrogen-bond donors (Lipinski definition) is 3. The standard InChI is InChI=1S/C20H32N2O4/c1-6-14(2)17(18(23)24)21-13-16(12-15-10-8-7-9-11-15)22-19(25)26-20(3,4)5/h7-11,14,16-17,21H,6,12-13H2,1-5H3,(H,22,25)(H,23,24). The molecule has 0 aliphatic carbocycles. The number of carbonyl (C=O) groups is 2. The van der Waals surface area contributed by atoms with Crippen molar-refractivity contribution < 1.29 is 19.4 Å². The fraction of sp³-hybridized carbons (Fsp3) is 0.600. The number of hydrogen-bond acceptors (Lipinski definition) is 4. The van der Waals surface area contributed by atoms with Crippen LogP contribution in [0, 0.1) is 5.92 Å². The SMILES string of the molecule is CCC(C)C(NCC(Cc1ccccc1)NC(=O)OC(C)(C)C)C(=O)O. The lowest BCUT2D eigenvalue weighted by molar-refractivity contribution is -0.140. The minimum absolute atomic E-state index is 0.00796. The minimum atomic E-state index is -0.880. The van der Waals surface area contributed by atoms with E-state index in [0.717, 1.165) is 12.0 Å². The van der Waals surface area contributed by atoms with Crippen molar-refractivity contribution in [1.29, 1.82) is 0 Å². The predicted octanol–water partition coefficient (Wildman–Crippen LogP) is 3.21. The van der Waals surface area contributed by atoms with Gasteiger partial charge in [-0.1, -0.05) is 50.6 Å². The summed E-state index contributed by atoms with van der Waals surface area (Å²) < 4.78 is 5.33. The Morgan fingerprint density at radius 3 is 2.31 bits per heavy atom. The van der Waals surface area contributed by atoms with Crippen LogP contribution in [-0.4, -0.2) is 41.4 Å². The van der Waals surface area contributed by atoms with Crippen LogP contribution in [0.4, 0.5) is 4.79 Å². The second-order valence-corrected chi connectivity index (χ2v) is 7.64. The molecule has 0 saturated carbocycles. The van der Waals surface area contributed by atoms with E-state index in [9.17, 15) is 14.7 Å². The summed E-state index contributed by atoms with van der Waals surface area (Å²) in [4.78, 5) is 23.7. The van der Waals surface area contributed by atoms with Crippen LogP contribution >= 0.6 is 0 Å². The van der Waals surface area contributed by atoms with Crippen LogP contribution in [0.1, 0.15) is 46.6 Å². The average Bonchev–Trinajstić information content (AvgIpc) is 2.53. The minimum Gasteiger partial charge on any atom is -0.480 e. The fourth-order valence-corrected chi connectivity index (χ4v) is 2.58. The molecule has 1 aromatic rings.